The van der Waals surface area contributed by atoms with Crippen LogP contribution in [0.25, 0.3) is 0 Å². The zero-order chi connectivity index (χ0) is 20.2. The molecule has 0 N–H and O–H groups in total. The first-order valence-corrected chi connectivity index (χ1v) is 12.9. The summed E-state index contributed by atoms with van der Waals surface area (Å²) in [4.78, 5) is 25.0. The topological polar surface area (TPSA) is 110 Å². The van der Waals surface area contributed by atoms with Crippen molar-refractivity contribution in [3.8, 4) is 5.75 Å². The maximum absolute atomic E-state index is 12.7. The molecule has 1 saturated carbocycles. The lowest BCUT2D eigenvalue weighted by molar-refractivity contribution is -0.158. The molecule has 1 aromatic carbocycles. The largest absolute Gasteiger partial charge is 0.748 e. The lowest BCUT2D eigenvalue weighted by atomic mass is 9.79. The van der Waals surface area contributed by atoms with Gasteiger partial charge in [0.05, 0.1) is 34.8 Å². The number of halogens is 3. The molecule has 1 fully saturated rings. The zero-order valence-electron chi connectivity index (χ0n) is 14.0. The molecule has 7 nitrogen and oxygen atoms in total. The van der Waals surface area contributed by atoms with E-state index in [2.05, 4.69) is 67.8 Å². The highest BCUT2D eigenvalue weighted by Crippen LogP contribution is 2.35. The molecule has 11 heteroatoms. The van der Waals surface area contributed by atoms with Gasteiger partial charge in [-0.1, -0.05) is 12.8 Å². The number of rotatable bonds is 6. The maximum atomic E-state index is 12.7. The molecule has 1 aliphatic rings. The second-order valence-electron chi connectivity index (χ2n) is 6.05. The minimum atomic E-state index is -4.46. The van der Waals surface area contributed by atoms with Gasteiger partial charge in [0.1, 0.15) is 6.61 Å². The predicted octanol–water partition coefficient (Wildman–Crippen LogP) is 3.30. The Balaban J connectivity index is 2.07. The molecule has 0 aromatic heterocycles. The molecule has 0 radical (unpaired) electrons. The Labute approximate surface area is 198 Å². The molecule has 0 aliphatic heterocycles. The van der Waals surface area contributed by atoms with E-state index < -0.39 is 46.3 Å². The summed E-state index contributed by atoms with van der Waals surface area (Å²) in [5.74, 6) is -2.81. The molecule has 150 valence electrons. The highest BCUT2D eigenvalue weighted by Gasteiger charge is 2.38. The lowest BCUT2D eigenvalue weighted by Gasteiger charge is -2.28. The average molecular weight is 733 g/mol. The molecule has 1 aliphatic carbocycles. The molecule has 0 bridgehead atoms. The summed E-state index contributed by atoms with van der Waals surface area (Å²) in [5, 5.41) is 0. The quantitative estimate of drug-likeness (QED) is 0.191. The van der Waals surface area contributed by atoms with Crippen molar-refractivity contribution >= 4 is 89.8 Å². The van der Waals surface area contributed by atoms with Crippen molar-refractivity contribution in [1.82, 2.24) is 0 Å². The first-order valence-electron chi connectivity index (χ1n) is 8.05. The van der Waals surface area contributed by atoms with Crippen molar-refractivity contribution in [2.45, 2.75) is 25.7 Å². The zero-order valence-corrected chi connectivity index (χ0v) is 21.2. The number of hydrogen-bond donors (Lipinski definition) is 0. The highest BCUT2D eigenvalue weighted by atomic mass is 127. The Kier molecular flexibility index (Phi) is 9.01. The Morgan fingerprint density at radius 1 is 1.04 bits per heavy atom. The number of carbonyl (C=O) groups is 2. The van der Waals surface area contributed by atoms with Gasteiger partial charge >= 0.3 is 11.9 Å². The van der Waals surface area contributed by atoms with Gasteiger partial charge in [0.25, 0.3) is 0 Å². The molecular formula is C16H16I3O7S-. The van der Waals surface area contributed by atoms with Crippen LogP contribution < -0.4 is 4.74 Å². The molecule has 2 unspecified atom stereocenters. The second-order valence-corrected chi connectivity index (χ2v) is 11.1. The van der Waals surface area contributed by atoms with Crippen molar-refractivity contribution in [1.29, 1.82) is 0 Å². The summed E-state index contributed by atoms with van der Waals surface area (Å²) < 4.78 is 45.0. The molecule has 0 spiro atoms. The third-order valence-electron chi connectivity index (χ3n) is 4.11. The number of esters is 2. The van der Waals surface area contributed by atoms with E-state index in [4.69, 9.17) is 9.47 Å². The van der Waals surface area contributed by atoms with Crippen LogP contribution in [0.2, 0.25) is 0 Å². The number of benzene rings is 1. The first-order chi connectivity index (χ1) is 12.6. The molecule has 27 heavy (non-hydrogen) atoms. The summed E-state index contributed by atoms with van der Waals surface area (Å²) in [7, 11) is -4.46. The minimum Gasteiger partial charge on any atom is -0.748 e. The fourth-order valence-corrected chi connectivity index (χ4v) is 6.94. The van der Waals surface area contributed by atoms with Gasteiger partial charge in [-0.3, -0.25) is 9.59 Å². The molecule has 2 rings (SSSR count). The van der Waals surface area contributed by atoms with Crippen LogP contribution in [0.1, 0.15) is 25.7 Å². The minimum absolute atomic E-state index is 0.462. The SMILES string of the molecule is O=C(OCCS(=O)(=O)[O-])C1CCCCC1C(=O)Oc1c(I)cc(I)cc1I. The molecule has 0 amide bonds. The van der Waals surface area contributed by atoms with Gasteiger partial charge in [-0.2, -0.15) is 0 Å². The van der Waals surface area contributed by atoms with E-state index in [0.29, 0.717) is 18.6 Å². The molecule has 0 saturated heterocycles. The fourth-order valence-electron chi connectivity index (χ4n) is 2.85. The van der Waals surface area contributed by atoms with Crippen molar-refractivity contribution < 1.29 is 32.0 Å². The van der Waals surface area contributed by atoms with E-state index in [0.717, 1.165) is 23.6 Å². The third-order valence-corrected chi connectivity index (χ3v) is 7.01. The predicted molar refractivity (Wildman–Crippen MR) is 121 cm³/mol. The van der Waals surface area contributed by atoms with Crippen LogP contribution in [0.5, 0.6) is 5.75 Å². The van der Waals surface area contributed by atoms with Gasteiger partial charge in [0.2, 0.25) is 0 Å². The Bertz CT molecular complexity index is 802. The van der Waals surface area contributed by atoms with Crippen molar-refractivity contribution in [3.05, 3.63) is 22.8 Å². The highest BCUT2D eigenvalue weighted by molar-refractivity contribution is 14.1. The van der Waals surface area contributed by atoms with Gasteiger partial charge in [-0.25, -0.2) is 8.42 Å². The van der Waals surface area contributed by atoms with Crippen LogP contribution in [0.15, 0.2) is 12.1 Å². The van der Waals surface area contributed by atoms with Crippen LogP contribution in [-0.2, 0) is 24.4 Å². The Morgan fingerprint density at radius 2 is 1.56 bits per heavy atom. The maximum Gasteiger partial charge on any atom is 0.315 e. The number of ether oxygens (including phenoxy) is 2. The summed E-state index contributed by atoms with van der Waals surface area (Å²) in [6.07, 6.45) is 2.51. The summed E-state index contributed by atoms with van der Waals surface area (Å²) in [5.41, 5.74) is 0. The van der Waals surface area contributed by atoms with Crippen LogP contribution in [-0.4, -0.2) is 37.3 Å². The van der Waals surface area contributed by atoms with Crippen molar-refractivity contribution in [2.75, 3.05) is 12.4 Å². The molecular weight excluding hydrogens is 717 g/mol. The van der Waals surface area contributed by atoms with Gasteiger partial charge in [-0.05, 0) is 92.7 Å². The number of carbonyl (C=O) groups excluding carboxylic acids is 2. The number of hydrogen-bond acceptors (Lipinski definition) is 7. The van der Waals surface area contributed by atoms with E-state index in [9.17, 15) is 22.6 Å². The van der Waals surface area contributed by atoms with Gasteiger partial charge < -0.3 is 14.0 Å². The van der Waals surface area contributed by atoms with E-state index in [1.807, 2.05) is 12.1 Å². The molecule has 0 heterocycles. The monoisotopic (exact) mass is 733 g/mol. The summed E-state index contributed by atoms with van der Waals surface area (Å²) in [6.45, 7) is -0.504. The van der Waals surface area contributed by atoms with E-state index >= 15 is 0 Å². The standard InChI is InChI=1S/C16H17I3O7S/c17-9-7-12(18)14(13(19)8-9)26-16(21)11-4-2-1-3-10(11)15(20)25-5-6-27(22,23)24/h7-8,10-11H,1-6H2,(H,22,23,24)/p-1. The van der Waals surface area contributed by atoms with E-state index in [-0.39, 0.29) is 0 Å². The second kappa shape index (κ2) is 10.3. The van der Waals surface area contributed by atoms with E-state index in [1.165, 1.54) is 0 Å². The van der Waals surface area contributed by atoms with Crippen LogP contribution in [0.3, 0.4) is 0 Å². The van der Waals surface area contributed by atoms with Crippen molar-refractivity contribution in [3.63, 3.8) is 0 Å². The summed E-state index contributed by atoms with van der Waals surface area (Å²) in [6, 6.07) is 3.78. The molecule has 2 atom stereocenters. The summed E-state index contributed by atoms with van der Waals surface area (Å²) >= 11 is 6.37. The van der Waals surface area contributed by atoms with Crippen LogP contribution in [0, 0.1) is 22.5 Å². The van der Waals surface area contributed by atoms with Gasteiger partial charge in [0, 0.05) is 3.57 Å². The van der Waals surface area contributed by atoms with Crippen LogP contribution in [0.4, 0.5) is 0 Å². The van der Waals surface area contributed by atoms with E-state index in [1.54, 1.807) is 0 Å². The van der Waals surface area contributed by atoms with Crippen LogP contribution >= 0.6 is 67.8 Å². The normalized spacial score (nSPS) is 20.1. The Hall–Kier alpha value is 0.260. The van der Waals surface area contributed by atoms with Gasteiger partial charge in [0.15, 0.2) is 5.75 Å². The smallest absolute Gasteiger partial charge is 0.315 e. The third kappa shape index (κ3) is 7.22. The van der Waals surface area contributed by atoms with Crippen molar-refractivity contribution in [2.24, 2.45) is 11.8 Å². The molecule has 1 aromatic rings. The first kappa shape index (κ1) is 23.5. The van der Waals surface area contributed by atoms with Gasteiger partial charge in [-0.15, -0.1) is 0 Å². The fraction of sp³-hybridized carbons (Fsp3) is 0.500. The lowest BCUT2D eigenvalue weighted by Crippen LogP contribution is -2.36. The Morgan fingerprint density at radius 3 is 2.07 bits per heavy atom. The average Bonchev–Trinajstić information content (AvgIpc) is 2.56.